The highest BCUT2D eigenvalue weighted by Crippen LogP contribution is 2.27. The second-order valence-corrected chi connectivity index (χ2v) is 12.7. The molecule has 2 aromatic carbocycles. The van der Waals surface area contributed by atoms with Crippen molar-refractivity contribution in [2.75, 3.05) is 0 Å². The van der Waals surface area contributed by atoms with Crippen LogP contribution in [0.5, 0.6) is 5.75 Å². The first-order chi connectivity index (χ1) is 11.6. The predicted octanol–water partition coefficient (Wildman–Crippen LogP) is 3.94. The van der Waals surface area contributed by atoms with Gasteiger partial charge in [0.15, 0.2) is 14.1 Å². The van der Waals surface area contributed by atoms with Crippen LogP contribution >= 0.6 is 0 Å². The smallest absolute Gasteiger partial charge is 0.339 e. The monoisotopic (exact) mass is 378 g/mol. The van der Waals surface area contributed by atoms with Gasteiger partial charge in [-0.3, -0.25) is 4.79 Å². The van der Waals surface area contributed by atoms with E-state index in [4.69, 9.17) is 8.61 Å². The van der Waals surface area contributed by atoms with E-state index in [-0.39, 0.29) is 16.4 Å². The summed E-state index contributed by atoms with van der Waals surface area (Å²) in [6.45, 7) is 7.43. The first kappa shape index (κ1) is 19.4. The number of rotatable bonds is 7. The van der Waals surface area contributed by atoms with Gasteiger partial charge in [-0.1, -0.05) is 30.3 Å². The van der Waals surface area contributed by atoms with Crippen molar-refractivity contribution in [3.63, 3.8) is 0 Å². The zero-order valence-electron chi connectivity index (χ0n) is 14.7. The van der Waals surface area contributed by atoms with Crippen molar-refractivity contribution in [2.45, 2.75) is 37.6 Å². The van der Waals surface area contributed by atoms with E-state index >= 15 is 0 Å². The Morgan fingerprint density at radius 1 is 1.00 bits per heavy atom. The zero-order valence-corrected chi connectivity index (χ0v) is 16.5. The van der Waals surface area contributed by atoms with E-state index in [1.807, 2.05) is 19.6 Å². The zero-order chi connectivity index (χ0) is 18.7. The first-order valence-corrected chi connectivity index (χ1v) is 12.7. The molecule has 0 heterocycles. The second-order valence-electron chi connectivity index (χ2n) is 6.64. The van der Waals surface area contributed by atoms with Gasteiger partial charge in [-0.2, -0.15) is 8.42 Å². The molecule has 0 aliphatic carbocycles. The minimum atomic E-state index is -3.93. The van der Waals surface area contributed by atoms with E-state index in [1.54, 1.807) is 30.3 Å². The molecule has 0 radical (unpaired) electrons. The fourth-order valence-corrected chi connectivity index (χ4v) is 4.18. The van der Waals surface area contributed by atoms with Crippen molar-refractivity contribution in [1.29, 1.82) is 0 Å². The summed E-state index contributed by atoms with van der Waals surface area (Å²) in [5, 5.41) is 0. The molecule has 5 nitrogen and oxygen atoms in total. The van der Waals surface area contributed by atoms with Gasteiger partial charge in [0.05, 0.1) is 0 Å². The van der Waals surface area contributed by atoms with Gasteiger partial charge in [0.1, 0.15) is 16.7 Å². The summed E-state index contributed by atoms with van der Waals surface area (Å²) >= 11 is 0. The van der Waals surface area contributed by atoms with E-state index in [2.05, 4.69) is 0 Å². The van der Waals surface area contributed by atoms with E-state index in [0.717, 1.165) is 0 Å². The third-order valence-electron chi connectivity index (χ3n) is 3.24. The molecule has 0 bridgehead atoms. The Kier molecular flexibility index (Phi) is 5.82. The van der Waals surface area contributed by atoms with Crippen LogP contribution in [0.4, 0.5) is 0 Å². The van der Waals surface area contributed by atoms with Gasteiger partial charge in [0.2, 0.25) is 0 Å². The topological polar surface area (TPSA) is 69.7 Å². The van der Waals surface area contributed by atoms with Gasteiger partial charge in [-0.05, 0) is 56.4 Å². The highest BCUT2D eigenvalue weighted by Gasteiger charge is 2.26. The number of ketones is 1. The number of Topliss-reactive ketones (excluding diaryl/α,β-unsaturated/α-hetero) is 1. The Labute approximate surface area is 149 Å². The maximum absolute atomic E-state index is 12.3. The number of carbonyl (C=O) groups excluding carboxylic acids is 1. The number of benzene rings is 2. The van der Waals surface area contributed by atoms with E-state index in [1.165, 1.54) is 31.2 Å². The van der Waals surface area contributed by atoms with Gasteiger partial charge in [-0.15, -0.1) is 0 Å². The van der Waals surface area contributed by atoms with Crippen LogP contribution in [0, 0.1) is 0 Å². The van der Waals surface area contributed by atoms with Crippen LogP contribution < -0.4 is 4.18 Å². The summed E-state index contributed by atoms with van der Waals surface area (Å²) in [5.41, 5.74) is 0.579. The molecule has 7 heteroatoms. The maximum Gasteiger partial charge on any atom is 0.339 e. The number of hydrogen-bond donors (Lipinski definition) is 0. The van der Waals surface area contributed by atoms with Crippen molar-refractivity contribution in [1.82, 2.24) is 0 Å². The van der Waals surface area contributed by atoms with Crippen LogP contribution in [0.15, 0.2) is 59.5 Å². The number of hydrogen-bond acceptors (Lipinski definition) is 5. The molecular formula is C18H22O5SSi. The minimum Gasteiger partial charge on any atom is -0.404 e. The predicted molar refractivity (Wildman–Crippen MR) is 98.6 cm³/mol. The Hall–Kier alpha value is -1.96. The molecular weight excluding hydrogens is 356 g/mol. The second kappa shape index (κ2) is 7.51. The number of carbonyl (C=O) groups is 1. The lowest BCUT2D eigenvalue weighted by molar-refractivity contribution is -0.124. The third kappa shape index (κ3) is 5.52. The largest absolute Gasteiger partial charge is 0.404 e. The Bertz CT molecular complexity index is 841. The molecule has 0 saturated carbocycles. The van der Waals surface area contributed by atoms with Gasteiger partial charge in [-0.25, -0.2) is 0 Å². The fourth-order valence-electron chi connectivity index (χ4n) is 2.23. The molecule has 0 aliphatic heterocycles. The van der Waals surface area contributed by atoms with Gasteiger partial charge < -0.3 is 8.61 Å². The highest BCUT2D eigenvalue weighted by molar-refractivity contribution is 7.87. The first-order valence-electron chi connectivity index (χ1n) is 7.86. The Morgan fingerprint density at radius 3 is 2.20 bits per heavy atom. The molecule has 0 fully saturated rings. The molecule has 0 saturated heterocycles. The van der Waals surface area contributed by atoms with Crippen LogP contribution in [0.2, 0.25) is 19.6 Å². The summed E-state index contributed by atoms with van der Waals surface area (Å²) in [4.78, 5) is 12.0. The van der Waals surface area contributed by atoms with Crippen molar-refractivity contribution in [3.8, 4) is 5.75 Å². The summed E-state index contributed by atoms with van der Waals surface area (Å²) in [6, 6.07) is 14.4. The van der Waals surface area contributed by atoms with Crippen LogP contribution in [-0.4, -0.2) is 22.5 Å². The molecule has 2 aromatic rings. The van der Waals surface area contributed by atoms with Crippen molar-refractivity contribution < 1.29 is 21.8 Å². The molecule has 1 unspecified atom stereocenters. The quantitative estimate of drug-likeness (QED) is 0.539. The third-order valence-corrected chi connectivity index (χ3v) is 5.44. The van der Waals surface area contributed by atoms with Crippen molar-refractivity contribution in [3.05, 3.63) is 60.2 Å². The lowest BCUT2D eigenvalue weighted by atomic mass is 10.1. The molecule has 25 heavy (non-hydrogen) atoms. The van der Waals surface area contributed by atoms with Gasteiger partial charge in [0.25, 0.3) is 0 Å². The average Bonchev–Trinajstić information content (AvgIpc) is 2.52. The molecule has 0 spiro atoms. The van der Waals surface area contributed by atoms with Gasteiger partial charge in [0, 0.05) is 0 Å². The molecule has 0 aromatic heterocycles. The Balaban J connectivity index is 2.30. The Morgan fingerprint density at radius 2 is 1.64 bits per heavy atom. The van der Waals surface area contributed by atoms with E-state index in [0.29, 0.717) is 5.56 Å². The SMILES string of the molecule is CC(=O)C(O[Si](C)(C)C)c1cccc(OS(=O)(=O)c2ccccc2)c1. The van der Waals surface area contributed by atoms with Gasteiger partial charge >= 0.3 is 10.1 Å². The fraction of sp³-hybridized carbons (Fsp3) is 0.278. The highest BCUT2D eigenvalue weighted by atomic mass is 32.2. The average molecular weight is 379 g/mol. The maximum atomic E-state index is 12.3. The van der Waals surface area contributed by atoms with Crippen molar-refractivity contribution in [2.24, 2.45) is 0 Å². The molecule has 2 rings (SSSR count). The normalized spacial score (nSPS) is 13.3. The summed E-state index contributed by atoms with van der Waals surface area (Å²) in [6.07, 6.45) is -0.727. The summed E-state index contributed by atoms with van der Waals surface area (Å²) in [5.74, 6) is 0.0114. The van der Waals surface area contributed by atoms with E-state index < -0.39 is 24.5 Å². The minimum absolute atomic E-state index is 0.0712. The van der Waals surface area contributed by atoms with E-state index in [9.17, 15) is 13.2 Å². The molecule has 0 amide bonds. The van der Waals surface area contributed by atoms with Crippen LogP contribution in [0.1, 0.15) is 18.6 Å². The van der Waals surface area contributed by atoms with Crippen molar-refractivity contribution >= 4 is 24.2 Å². The van der Waals surface area contributed by atoms with Crippen LogP contribution in [0.3, 0.4) is 0 Å². The molecule has 0 N–H and O–H groups in total. The molecule has 0 aliphatic rings. The summed E-state index contributed by atoms with van der Waals surface area (Å²) in [7, 11) is -5.89. The molecule has 134 valence electrons. The van der Waals surface area contributed by atoms with Crippen LogP contribution in [0.25, 0.3) is 0 Å². The lowest BCUT2D eigenvalue weighted by Gasteiger charge is -2.25. The standard InChI is InChI=1S/C18H22O5SSi/c1-14(19)18(23-25(2,3)4)15-9-8-10-16(13-15)22-24(20,21)17-11-6-5-7-12-17/h5-13,18H,1-4H3. The molecule has 1 atom stereocenters. The summed E-state index contributed by atoms with van der Waals surface area (Å²) < 4.78 is 35.8. The van der Waals surface area contributed by atoms with Crippen LogP contribution in [-0.2, 0) is 19.3 Å². The lowest BCUT2D eigenvalue weighted by Crippen LogP contribution is -2.30.